The molecular weight excluding hydrogens is 174 g/mol. The van der Waals surface area contributed by atoms with Gasteiger partial charge in [-0.05, 0) is 18.1 Å². The first-order valence-corrected chi connectivity index (χ1v) is 5.36. The summed E-state index contributed by atoms with van der Waals surface area (Å²) in [7, 11) is -3.06. The molecule has 0 saturated carbocycles. The van der Waals surface area contributed by atoms with Gasteiger partial charge in [0.25, 0.3) is 0 Å². The van der Waals surface area contributed by atoms with Crippen molar-refractivity contribution in [2.75, 3.05) is 11.5 Å². The normalized spacial score (nSPS) is 19.0. The molecule has 2 N–H and O–H groups in total. The van der Waals surface area contributed by atoms with Crippen molar-refractivity contribution >= 4 is 15.5 Å². The minimum Gasteiger partial charge on any atom is -0.398 e. The van der Waals surface area contributed by atoms with Crippen molar-refractivity contribution in [3.63, 3.8) is 0 Å². The molecule has 0 saturated heterocycles. The molecule has 0 fully saturated rings. The zero-order chi connectivity index (χ0) is 8.77. The summed E-state index contributed by atoms with van der Waals surface area (Å²) in [6, 6.07) is 5.23. The van der Waals surface area contributed by atoms with Crippen molar-refractivity contribution in [1.29, 1.82) is 0 Å². The standard InChI is InChI=1S/C8H9NO2S/c9-7-3-1-2-6-4-5-12(10,11)8(6)7/h1-3H,4-5,9H2. The van der Waals surface area contributed by atoms with Crippen LogP contribution < -0.4 is 5.73 Å². The minimum absolute atomic E-state index is 0.205. The Morgan fingerprint density at radius 2 is 2.08 bits per heavy atom. The molecule has 1 aromatic carbocycles. The zero-order valence-electron chi connectivity index (χ0n) is 6.45. The smallest absolute Gasteiger partial charge is 0.181 e. The number of rotatable bonds is 0. The molecule has 0 unspecified atom stereocenters. The SMILES string of the molecule is Nc1cccc2c1S(=O)(=O)CC2. The summed E-state index contributed by atoms with van der Waals surface area (Å²) in [5.41, 5.74) is 6.80. The molecule has 0 aromatic heterocycles. The third kappa shape index (κ3) is 0.914. The Balaban J connectivity index is 2.81. The highest BCUT2D eigenvalue weighted by Gasteiger charge is 2.27. The third-order valence-electron chi connectivity index (χ3n) is 2.08. The summed E-state index contributed by atoms with van der Waals surface area (Å²) in [6.07, 6.45) is 0.600. The maximum absolute atomic E-state index is 11.4. The van der Waals surface area contributed by atoms with E-state index in [0.717, 1.165) is 5.56 Å². The predicted octanol–water partition coefficient (Wildman–Crippen LogP) is 0.599. The summed E-state index contributed by atoms with van der Waals surface area (Å²) < 4.78 is 22.8. The van der Waals surface area contributed by atoms with Crippen LogP contribution in [0, 0.1) is 0 Å². The van der Waals surface area contributed by atoms with Crippen molar-refractivity contribution in [2.24, 2.45) is 0 Å². The van der Waals surface area contributed by atoms with Gasteiger partial charge < -0.3 is 5.73 Å². The maximum atomic E-state index is 11.4. The van der Waals surface area contributed by atoms with Crippen LogP contribution in [-0.2, 0) is 16.3 Å². The summed E-state index contributed by atoms with van der Waals surface area (Å²) in [4.78, 5) is 0.352. The molecule has 0 aliphatic carbocycles. The van der Waals surface area contributed by atoms with E-state index in [2.05, 4.69) is 0 Å². The van der Waals surface area contributed by atoms with Gasteiger partial charge in [-0.1, -0.05) is 12.1 Å². The zero-order valence-corrected chi connectivity index (χ0v) is 7.26. The Labute approximate surface area is 71.1 Å². The van der Waals surface area contributed by atoms with Crippen LogP contribution in [-0.4, -0.2) is 14.2 Å². The van der Waals surface area contributed by atoms with Crippen molar-refractivity contribution in [2.45, 2.75) is 11.3 Å². The van der Waals surface area contributed by atoms with E-state index in [4.69, 9.17) is 5.73 Å². The molecule has 0 atom stereocenters. The number of nitrogen functional groups attached to an aromatic ring is 1. The average molecular weight is 183 g/mol. The number of nitrogens with two attached hydrogens (primary N) is 1. The van der Waals surface area contributed by atoms with Gasteiger partial charge in [0.15, 0.2) is 9.84 Å². The lowest BCUT2D eigenvalue weighted by molar-refractivity contribution is 0.600. The third-order valence-corrected chi connectivity index (χ3v) is 3.94. The molecule has 12 heavy (non-hydrogen) atoms. The topological polar surface area (TPSA) is 60.2 Å². The largest absolute Gasteiger partial charge is 0.398 e. The first-order chi connectivity index (χ1) is 5.61. The summed E-state index contributed by atoms with van der Waals surface area (Å²) >= 11 is 0. The molecule has 4 heteroatoms. The molecule has 3 nitrogen and oxygen atoms in total. The van der Waals surface area contributed by atoms with E-state index in [0.29, 0.717) is 17.0 Å². The fraction of sp³-hybridized carbons (Fsp3) is 0.250. The molecule has 0 radical (unpaired) electrons. The molecule has 0 bridgehead atoms. The van der Waals surface area contributed by atoms with Gasteiger partial charge in [0.05, 0.1) is 16.3 Å². The lowest BCUT2D eigenvalue weighted by atomic mass is 10.1. The molecule has 1 aliphatic rings. The van der Waals surface area contributed by atoms with E-state index >= 15 is 0 Å². The molecular formula is C8H9NO2S. The number of sulfone groups is 1. The van der Waals surface area contributed by atoms with Crippen molar-refractivity contribution in [3.05, 3.63) is 23.8 Å². The summed E-state index contributed by atoms with van der Waals surface area (Å²) in [5.74, 6) is 0.205. The number of fused-ring (bicyclic) bond motifs is 1. The minimum atomic E-state index is -3.06. The number of hydrogen-bond donors (Lipinski definition) is 1. The van der Waals surface area contributed by atoms with Gasteiger partial charge >= 0.3 is 0 Å². The lowest BCUT2D eigenvalue weighted by Crippen LogP contribution is -2.02. The highest BCUT2D eigenvalue weighted by atomic mass is 32.2. The number of anilines is 1. The van der Waals surface area contributed by atoms with Crippen LogP contribution in [0.1, 0.15) is 5.56 Å². The van der Waals surface area contributed by atoms with E-state index in [1.165, 1.54) is 0 Å². The van der Waals surface area contributed by atoms with E-state index < -0.39 is 9.84 Å². The lowest BCUT2D eigenvalue weighted by Gasteiger charge is -2.00. The first-order valence-electron chi connectivity index (χ1n) is 3.71. The number of benzene rings is 1. The Bertz CT molecular complexity index is 423. The first kappa shape index (κ1) is 7.61. The van der Waals surface area contributed by atoms with E-state index in [-0.39, 0.29) is 5.75 Å². The Kier molecular flexibility index (Phi) is 1.41. The second-order valence-electron chi connectivity index (χ2n) is 2.90. The fourth-order valence-electron chi connectivity index (χ4n) is 1.53. The van der Waals surface area contributed by atoms with Gasteiger partial charge in [0, 0.05) is 0 Å². The van der Waals surface area contributed by atoms with Crippen LogP contribution in [0.15, 0.2) is 23.1 Å². The van der Waals surface area contributed by atoms with Gasteiger partial charge in [-0.25, -0.2) is 8.42 Å². The van der Waals surface area contributed by atoms with Crippen LogP contribution in [0.3, 0.4) is 0 Å². The van der Waals surface area contributed by atoms with Gasteiger partial charge in [-0.15, -0.1) is 0 Å². The van der Waals surface area contributed by atoms with E-state index in [1.54, 1.807) is 12.1 Å². The number of hydrogen-bond acceptors (Lipinski definition) is 3. The van der Waals surface area contributed by atoms with Gasteiger partial charge in [0.2, 0.25) is 0 Å². The number of aryl methyl sites for hydroxylation is 1. The monoisotopic (exact) mass is 183 g/mol. The highest BCUT2D eigenvalue weighted by molar-refractivity contribution is 7.91. The Hall–Kier alpha value is -1.03. The molecule has 1 heterocycles. The van der Waals surface area contributed by atoms with E-state index in [1.807, 2.05) is 6.07 Å². The van der Waals surface area contributed by atoms with Crippen molar-refractivity contribution in [1.82, 2.24) is 0 Å². The van der Waals surface area contributed by atoms with Gasteiger partial charge in [0.1, 0.15) is 0 Å². The van der Waals surface area contributed by atoms with Crippen LogP contribution in [0.5, 0.6) is 0 Å². The Morgan fingerprint density at radius 1 is 1.33 bits per heavy atom. The molecule has 2 rings (SSSR count). The van der Waals surface area contributed by atoms with Crippen LogP contribution in [0.4, 0.5) is 5.69 Å². The fourth-order valence-corrected chi connectivity index (χ4v) is 3.22. The second-order valence-corrected chi connectivity index (χ2v) is 4.95. The summed E-state index contributed by atoms with van der Waals surface area (Å²) in [6.45, 7) is 0. The quantitative estimate of drug-likeness (QED) is 0.599. The summed E-state index contributed by atoms with van der Waals surface area (Å²) in [5, 5.41) is 0. The predicted molar refractivity (Wildman–Crippen MR) is 46.6 cm³/mol. The van der Waals surface area contributed by atoms with Gasteiger partial charge in [-0.3, -0.25) is 0 Å². The Morgan fingerprint density at radius 3 is 2.75 bits per heavy atom. The molecule has 0 spiro atoms. The molecule has 1 aliphatic heterocycles. The van der Waals surface area contributed by atoms with Crippen molar-refractivity contribution in [3.8, 4) is 0 Å². The highest BCUT2D eigenvalue weighted by Crippen LogP contribution is 2.30. The second kappa shape index (κ2) is 2.23. The van der Waals surface area contributed by atoms with E-state index in [9.17, 15) is 8.42 Å². The van der Waals surface area contributed by atoms with Crippen LogP contribution in [0.25, 0.3) is 0 Å². The average Bonchev–Trinajstić information content (AvgIpc) is 2.29. The van der Waals surface area contributed by atoms with Crippen molar-refractivity contribution < 1.29 is 8.42 Å². The van der Waals surface area contributed by atoms with Gasteiger partial charge in [-0.2, -0.15) is 0 Å². The van der Waals surface area contributed by atoms with Crippen LogP contribution >= 0.6 is 0 Å². The molecule has 1 aromatic rings. The molecule has 0 amide bonds. The molecule has 64 valence electrons. The maximum Gasteiger partial charge on any atom is 0.181 e. The van der Waals surface area contributed by atoms with Crippen LogP contribution in [0.2, 0.25) is 0 Å².